The first-order valence-corrected chi connectivity index (χ1v) is 32.3. The summed E-state index contributed by atoms with van der Waals surface area (Å²) in [5, 5.41) is 77.9. The number of benzene rings is 8. The topological polar surface area (TPSA) is 510 Å². The van der Waals surface area contributed by atoms with Gasteiger partial charge in [-0.15, -0.1) is 0 Å². The quantitative estimate of drug-likeness (QED) is 0.0849. The van der Waals surface area contributed by atoms with Gasteiger partial charge in [-0.25, -0.2) is 29.9 Å². The number of rotatable bonds is 16. The number of hydrogen-bond acceptors (Lipinski definition) is 30. The van der Waals surface area contributed by atoms with E-state index in [-0.39, 0.29) is 180 Å². The summed E-state index contributed by atoms with van der Waals surface area (Å²) in [6, 6.07) is 47.8. The lowest BCUT2D eigenvalue weighted by Crippen LogP contribution is -2.32. The molecule has 32 nitrogen and oxygen atoms in total. The Morgan fingerprint density at radius 1 is 0.214 bits per heavy atom. The number of H-pyrrole nitrogens is 2. The minimum absolute atomic E-state index is 0.0180. The maximum atomic E-state index is 13.3. The van der Waals surface area contributed by atoms with E-state index in [9.17, 15) is 80.5 Å². The number of hydrogen-bond donors (Lipinski definition) is 2. The van der Waals surface area contributed by atoms with Crippen LogP contribution in [0, 0.1) is 90.6 Å². The molecule has 0 fully saturated rings. The number of nitrogens with one attached hydrogen (secondary N) is 2. The number of nitrogens with zero attached hydrogens (tertiary/aromatic N) is 14. The van der Waals surface area contributed by atoms with Crippen molar-refractivity contribution in [2.45, 2.75) is 0 Å². The molecule has 2 aliphatic heterocycles. The molecule has 0 radical (unpaired) electrons. The Morgan fingerprint density at radius 2 is 0.420 bits per heavy atom. The molecular formula is C80H26N16O16. The lowest BCUT2D eigenvalue weighted by atomic mass is 10.1. The Morgan fingerprint density at radius 3 is 0.670 bits per heavy atom. The molecule has 2 aliphatic rings. The largest absolute Gasteiger partial charge is 0.449 e. The zero-order chi connectivity index (χ0) is 77.7. The van der Waals surface area contributed by atoms with Gasteiger partial charge >= 0.3 is 0 Å². The maximum Gasteiger partial charge on any atom is 0.276 e. The van der Waals surface area contributed by atoms with Gasteiger partial charge in [0, 0.05) is 43.8 Å². The fraction of sp³-hybridized carbons (Fsp3) is 0. The predicted octanol–water partition coefficient (Wildman–Crippen LogP) is 10.6. The average Bonchev–Trinajstić information content (AvgIpc) is 1.51. The van der Waals surface area contributed by atoms with Crippen LogP contribution >= 0.6 is 0 Å². The van der Waals surface area contributed by atoms with E-state index in [2.05, 4.69) is 9.97 Å². The molecule has 8 bridgehead atoms. The van der Waals surface area contributed by atoms with Crippen molar-refractivity contribution >= 4 is 44.1 Å². The van der Waals surface area contributed by atoms with Crippen molar-refractivity contribution in [2.24, 2.45) is 0 Å². The van der Waals surface area contributed by atoms with Crippen LogP contribution in [-0.2, 0) is 0 Å². The molecule has 0 unspecified atom stereocenters. The van der Waals surface area contributed by atoms with Crippen LogP contribution in [0.25, 0.3) is 89.7 Å². The summed E-state index contributed by atoms with van der Waals surface area (Å²) < 4.78 is 47.6. The molecule has 112 heavy (non-hydrogen) atoms. The summed E-state index contributed by atoms with van der Waals surface area (Å²) in [6.07, 6.45) is 0. The summed E-state index contributed by atoms with van der Waals surface area (Å²) in [5.74, 6) is -5.06. The van der Waals surface area contributed by atoms with E-state index < -0.39 is 89.4 Å². The average molecular weight is 1470 g/mol. The predicted molar refractivity (Wildman–Crippen MR) is 386 cm³/mol. The molecule has 5 heterocycles. The minimum Gasteiger partial charge on any atom is -0.449 e. The molecule has 32 heteroatoms. The van der Waals surface area contributed by atoms with Crippen molar-refractivity contribution in [2.75, 3.05) is 0 Å². The second kappa shape index (κ2) is 25.9. The van der Waals surface area contributed by atoms with Crippen molar-refractivity contribution < 1.29 is 37.9 Å². The number of aromatic nitrogens is 8. The highest BCUT2D eigenvalue weighted by Gasteiger charge is 2.33. The molecule has 522 valence electrons. The van der Waals surface area contributed by atoms with E-state index in [0.717, 1.165) is 0 Å². The lowest BCUT2D eigenvalue weighted by Gasteiger charge is -2.14. The summed E-state index contributed by atoms with van der Waals surface area (Å²) in [4.78, 5) is 143. The van der Waals surface area contributed by atoms with Crippen molar-refractivity contribution in [3.63, 3.8) is 0 Å². The van der Waals surface area contributed by atoms with Gasteiger partial charge in [-0.2, -0.15) is 42.1 Å². The highest BCUT2D eigenvalue weighted by atomic mass is 16.5. The van der Waals surface area contributed by atoms with Crippen LogP contribution in [0.3, 0.4) is 0 Å². The van der Waals surface area contributed by atoms with Gasteiger partial charge in [0.1, 0.15) is 117 Å². The van der Waals surface area contributed by atoms with Crippen LogP contribution in [0.15, 0.2) is 184 Å². The number of nitriles is 8. The molecule has 0 saturated carbocycles. The molecule has 0 amide bonds. The van der Waals surface area contributed by atoms with E-state index in [4.69, 9.17) is 67.8 Å². The van der Waals surface area contributed by atoms with Crippen molar-refractivity contribution in [1.82, 2.24) is 39.9 Å². The number of ether oxygens (including phenoxy) is 8. The van der Waals surface area contributed by atoms with Crippen molar-refractivity contribution in [1.29, 1.82) is 42.1 Å². The van der Waals surface area contributed by atoms with Gasteiger partial charge in [0.2, 0.25) is 46.0 Å². The second-order valence-corrected chi connectivity index (χ2v) is 24.2. The Hall–Kier alpha value is -18.2. The monoisotopic (exact) mass is 1470 g/mol. The molecule has 3 aromatic heterocycles. The fourth-order valence-corrected chi connectivity index (χ4v) is 12.2. The van der Waals surface area contributed by atoms with Crippen molar-refractivity contribution in [3.05, 3.63) is 272 Å². The molecule has 0 spiro atoms. The molecule has 0 saturated heterocycles. The van der Waals surface area contributed by atoms with E-state index in [1.54, 1.807) is 0 Å². The standard InChI is InChI=1S/C80H26N16O16/c81-25-33-1-5-41(17-37(33)29-85)105-65-57(97)61(101)69(65)109-45-9-13-49-53(21-45)77-91-73(49)89-74-51-15-11-47(111-71-63(103)59(99)67(71)107-43-7-3-35(27-83)39(19-43)31-87)23-55(51)79(93-74)96-80-56-24-48(112-72-64(104)60(100)68(72)108-44-8-4-36(28-84)40(20-44)32-88)12-16-52(56)76(94-80)90-75-50-14-10-46(22-54(50)78(92-75)95-77)110-70-62(102)58(98)66(70)106-42-6-2-34(26-82)38(18-42)30-86/h1-24H,(H2,89,90,91,92,93,94,95,96). The van der Waals surface area contributed by atoms with E-state index >= 15 is 0 Å². The van der Waals surface area contributed by atoms with Gasteiger partial charge in [-0.1, -0.05) is 0 Å². The van der Waals surface area contributed by atoms with E-state index in [1.807, 2.05) is 48.6 Å². The van der Waals surface area contributed by atoms with Gasteiger partial charge in [-0.05, 0) is 146 Å². The van der Waals surface area contributed by atoms with E-state index in [0.29, 0.717) is 0 Å². The first-order chi connectivity index (χ1) is 54.3. The fourth-order valence-electron chi connectivity index (χ4n) is 12.2. The van der Waals surface area contributed by atoms with Crippen LogP contribution in [-0.4, -0.2) is 39.9 Å². The third kappa shape index (κ3) is 11.0. The summed E-state index contributed by atoms with van der Waals surface area (Å²) in [6.45, 7) is 0. The van der Waals surface area contributed by atoms with Gasteiger partial charge < -0.3 is 47.9 Å². The van der Waals surface area contributed by atoms with Gasteiger partial charge in [-0.3, -0.25) is 38.4 Å². The SMILES string of the molecule is N#Cc1ccc(Oc2c(Oc3ccc4c(c3)-c3nc-4nc4[nH]c(nc5nc(nc6[nH]c(n3)c3cc(Oc7c(Oc8ccc(C#N)c(C#N)c8)c(=O)c7=O)ccc63)-c3ccc(Oc6c(Oc7ccc(C#N)c(C#N)c7)c(=O)c6=O)cc3-5)c3cc(Oc5c(Oc6ccc(C#N)c(C#N)c6)c(=O)c5=O)ccc43)c(=O)c2=O)cc1C#N. The number of aromatic amines is 2. The Balaban J connectivity index is 0.846. The van der Waals surface area contributed by atoms with Gasteiger partial charge in [0.15, 0.2) is 23.3 Å². The van der Waals surface area contributed by atoms with Crippen molar-refractivity contribution in [3.8, 4) is 186 Å². The highest BCUT2D eigenvalue weighted by Crippen LogP contribution is 2.44. The maximum absolute atomic E-state index is 13.3. The van der Waals surface area contributed by atoms with Gasteiger partial charge in [0.25, 0.3) is 43.4 Å². The summed E-state index contributed by atoms with van der Waals surface area (Å²) in [7, 11) is 0. The van der Waals surface area contributed by atoms with Crippen LogP contribution in [0.4, 0.5) is 0 Å². The second-order valence-electron chi connectivity index (χ2n) is 24.2. The zero-order valence-corrected chi connectivity index (χ0v) is 55.6. The van der Waals surface area contributed by atoms with E-state index in [1.165, 1.54) is 146 Å². The molecule has 0 aliphatic carbocycles. The summed E-state index contributed by atoms with van der Waals surface area (Å²) in [5.41, 5.74) is -7.85. The first kappa shape index (κ1) is 67.0. The zero-order valence-electron chi connectivity index (χ0n) is 55.6. The highest BCUT2D eigenvalue weighted by molar-refractivity contribution is 6.07. The molecule has 2 N–H and O–H groups in total. The third-order valence-electron chi connectivity index (χ3n) is 17.7. The molecule has 15 aromatic rings. The van der Waals surface area contributed by atoms with Crippen LogP contribution in [0.2, 0.25) is 0 Å². The number of fused-ring (bicyclic) bond motifs is 20. The summed E-state index contributed by atoms with van der Waals surface area (Å²) >= 11 is 0. The first-order valence-electron chi connectivity index (χ1n) is 32.3. The molecule has 17 rings (SSSR count). The smallest absolute Gasteiger partial charge is 0.276 e. The van der Waals surface area contributed by atoms with Crippen LogP contribution < -0.4 is 81.3 Å². The van der Waals surface area contributed by atoms with Crippen LogP contribution in [0.1, 0.15) is 44.5 Å². The van der Waals surface area contributed by atoms with Gasteiger partial charge in [0.05, 0.1) is 44.5 Å². The molecule has 0 atom stereocenters. The Bertz CT molecular complexity index is 7300. The minimum atomic E-state index is -1.07. The Kier molecular flexibility index (Phi) is 15.5. The van der Waals surface area contributed by atoms with Crippen LogP contribution in [0.5, 0.6) is 92.0 Å². The Labute approximate surface area is 619 Å². The third-order valence-corrected chi connectivity index (χ3v) is 17.7. The molecular weight excluding hydrogens is 1440 g/mol. The lowest BCUT2D eigenvalue weighted by molar-refractivity contribution is 0.400. The normalized spacial score (nSPS) is 11.1. The molecule has 12 aromatic carbocycles.